The Morgan fingerprint density at radius 2 is 2.36 bits per heavy atom. The third-order valence-electron chi connectivity index (χ3n) is 3.75. The second kappa shape index (κ2) is 4.17. The number of nitrogens with zero attached hydrogens (tertiary/aromatic N) is 1. The molecular formula is C11H22N2O. The van der Waals surface area contributed by atoms with Crippen molar-refractivity contribution in [1.29, 1.82) is 0 Å². The van der Waals surface area contributed by atoms with Crippen LogP contribution in [0.15, 0.2) is 0 Å². The van der Waals surface area contributed by atoms with Crippen molar-refractivity contribution in [3.63, 3.8) is 0 Å². The predicted octanol–water partition coefficient (Wildman–Crippen LogP) is 0.849. The van der Waals surface area contributed by atoms with Gasteiger partial charge in [-0.15, -0.1) is 0 Å². The van der Waals surface area contributed by atoms with Gasteiger partial charge in [-0.1, -0.05) is 0 Å². The van der Waals surface area contributed by atoms with Crippen LogP contribution in [0.4, 0.5) is 0 Å². The Morgan fingerprint density at radius 1 is 1.50 bits per heavy atom. The highest BCUT2D eigenvalue weighted by molar-refractivity contribution is 4.92. The van der Waals surface area contributed by atoms with Crippen molar-refractivity contribution in [2.45, 2.75) is 37.8 Å². The molecule has 3 heteroatoms. The molecule has 0 aliphatic carbocycles. The summed E-state index contributed by atoms with van der Waals surface area (Å²) in [7, 11) is 1.84. The Balaban J connectivity index is 1.88. The fourth-order valence-corrected chi connectivity index (χ4v) is 2.59. The van der Waals surface area contributed by atoms with Gasteiger partial charge in [0.25, 0.3) is 0 Å². The van der Waals surface area contributed by atoms with Crippen LogP contribution in [-0.2, 0) is 4.74 Å². The van der Waals surface area contributed by atoms with E-state index in [9.17, 15) is 0 Å². The number of methoxy groups -OCH3 is 1. The lowest BCUT2D eigenvalue weighted by Crippen LogP contribution is -2.46. The normalized spacial score (nSPS) is 40.3. The molecule has 0 bridgehead atoms. The highest BCUT2D eigenvalue weighted by Gasteiger charge is 2.36. The molecule has 0 spiro atoms. The van der Waals surface area contributed by atoms with Crippen LogP contribution < -0.4 is 5.32 Å². The molecule has 2 atom stereocenters. The zero-order valence-electron chi connectivity index (χ0n) is 9.38. The lowest BCUT2D eigenvalue weighted by atomic mass is 10.1. The molecular weight excluding hydrogens is 176 g/mol. The van der Waals surface area contributed by atoms with Crippen LogP contribution in [-0.4, -0.2) is 49.8 Å². The van der Waals surface area contributed by atoms with Crippen LogP contribution in [0.3, 0.4) is 0 Å². The van der Waals surface area contributed by atoms with Gasteiger partial charge in [0.05, 0.1) is 5.60 Å². The lowest BCUT2D eigenvalue weighted by molar-refractivity contribution is 0.00999. The Labute approximate surface area is 86.8 Å². The van der Waals surface area contributed by atoms with E-state index in [1.54, 1.807) is 0 Å². The van der Waals surface area contributed by atoms with Crippen molar-refractivity contribution >= 4 is 0 Å². The van der Waals surface area contributed by atoms with E-state index in [1.807, 2.05) is 7.11 Å². The van der Waals surface area contributed by atoms with Crippen molar-refractivity contribution in [2.24, 2.45) is 0 Å². The Morgan fingerprint density at radius 3 is 2.93 bits per heavy atom. The van der Waals surface area contributed by atoms with Gasteiger partial charge in [0.1, 0.15) is 0 Å². The van der Waals surface area contributed by atoms with E-state index in [2.05, 4.69) is 17.1 Å². The Bertz CT molecular complexity index is 192. The van der Waals surface area contributed by atoms with Crippen LogP contribution in [0.25, 0.3) is 0 Å². The van der Waals surface area contributed by atoms with Gasteiger partial charge in [0.15, 0.2) is 0 Å². The van der Waals surface area contributed by atoms with Crippen molar-refractivity contribution in [2.75, 3.05) is 33.3 Å². The first kappa shape index (κ1) is 10.4. The monoisotopic (exact) mass is 198 g/mol. The van der Waals surface area contributed by atoms with E-state index in [1.165, 1.54) is 38.9 Å². The third kappa shape index (κ3) is 2.10. The van der Waals surface area contributed by atoms with Gasteiger partial charge in [-0.05, 0) is 32.7 Å². The van der Waals surface area contributed by atoms with Crippen LogP contribution in [0.5, 0.6) is 0 Å². The van der Waals surface area contributed by atoms with Crippen molar-refractivity contribution in [1.82, 2.24) is 10.2 Å². The molecule has 14 heavy (non-hydrogen) atoms. The number of nitrogens with one attached hydrogen (secondary N) is 1. The summed E-state index contributed by atoms with van der Waals surface area (Å²) in [6.45, 7) is 6.90. The molecule has 2 unspecified atom stereocenters. The molecule has 1 N–H and O–H groups in total. The Kier molecular flexibility index (Phi) is 3.10. The van der Waals surface area contributed by atoms with E-state index in [0.29, 0.717) is 0 Å². The van der Waals surface area contributed by atoms with Crippen LogP contribution >= 0.6 is 0 Å². The first-order valence-electron chi connectivity index (χ1n) is 5.73. The highest BCUT2D eigenvalue weighted by Crippen LogP contribution is 2.27. The topological polar surface area (TPSA) is 24.5 Å². The van der Waals surface area contributed by atoms with E-state index >= 15 is 0 Å². The number of likely N-dealkylation sites (tertiary alicyclic amines) is 1. The number of rotatable bonds is 2. The van der Waals surface area contributed by atoms with Crippen LogP contribution in [0.2, 0.25) is 0 Å². The fraction of sp³-hybridized carbons (Fsp3) is 1.00. The number of hydrogen-bond acceptors (Lipinski definition) is 3. The lowest BCUT2D eigenvalue weighted by Gasteiger charge is -2.32. The van der Waals surface area contributed by atoms with Crippen LogP contribution in [0.1, 0.15) is 26.2 Å². The van der Waals surface area contributed by atoms with Gasteiger partial charge < -0.3 is 10.1 Å². The minimum atomic E-state index is 0.109. The van der Waals surface area contributed by atoms with E-state index < -0.39 is 0 Å². The van der Waals surface area contributed by atoms with Gasteiger partial charge in [0, 0.05) is 32.8 Å². The van der Waals surface area contributed by atoms with Crippen molar-refractivity contribution < 1.29 is 4.74 Å². The quantitative estimate of drug-likeness (QED) is 0.712. The van der Waals surface area contributed by atoms with E-state index in [0.717, 1.165) is 12.6 Å². The zero-order valence-corrected chi connectivity index (χ0v) is 9.38. The van der Waals surface area contributed by atoms with Gasteiger partial charge >= 0.3 is 0 Å². The summed E-state index contributed by atoms with van der Waals surface area (Å²) in [5, 5.41) is 3.47. The summed E-state index contributed by atoms with van der Waals surface area (Å²) in [4.78, 5) is 2.59. The standard InChI is InChI=1S/C11H22N2O/c1-11(14-2)5-7-13(9-11)10-4-3-6-12-8-10/h10,12H,3-9H2,1-2H3. The highest BCUT2D eigenvalue weighted by atomic mass is 16.5. The summed E-state index contributed by atoms with van der Waals surface area (Å²) in [5.74, 6) is 0. The second-order valence-electron chi connectivity index (χ2n) is 4.87. The molecule has 0 aromatic heterocycles. The van der Waals surface area contributed by atoms with Gasteiger partial charge in [-0.25, -0.2) is 0 Å². The Hall–Kier alpha value is -0.120. The summed E-state index contributed by atoms with van der Waals surface area (Å²) in [6, 6.07) is 0.751. The molecule has 0 saturated carbocycles. The second-order valence-corrected chi connectivity index (χ2v) is 4.87. The fourth-order valence-electron chi connectivity index (χ4n) is 2.59. The molecule has 2 saturated heterocycles. The molecule has 0 radical (unpaired) electrons. The minimum absolute atomic E-state index is 0.109. The number of piperidine rings is 1. The largest absolute Gasteiger partial charge is 0.377 e. The summed E-state index contributed by atoms with van der Waals surface area (Å²) < 4.78 is 5.56. The maximum Gasteiger partial charge on any atom is 0.0789 e. The minimum Gasteiger partial charge on any atom is -0.377 e. The molecule has 82 valence electrons. The first-order valence-corrected chi connectivity index (χ1v) is 5.73. The van der Waals surface area contributed by atoms with Gasteiger partial charge in [0.2, 0.25) is 0 Å². The molecule has 2 fully saturated rings. The summed E-state index contributed by atoms with van der Waals surface area (Å²) in [6.07, 6.45) is 3.86. The number of hydrogen-bond donors (Lipinski definition) is 1. The smallest absolute Gasteiger partial charge is 0.0789 e. The molecule has 3 nitrogen and oxygen atoms in total. The zero-order chi connectivity index (χ0) is 10.0. The first-order chi connectivity index (χ1) is 6.73. The van der Waals surface area contributed by atoms with Crippen LogP contribution in [0, 0.1) is 0 Å². The summed E-state index contributed by atoms with van der Waals surface area (Å²) in [5.41, 5.74) is 0.109. The summed E-state index contributed by atoms with van der Waals surface area (Å²) >= 11 is 0. The maximum atomic E-state index is 5.56. The SMILES string of the molecule is COC1(C)CCN(C2CCCNC2)C1. The maximum absolute atomic E-state index is 5.56. The predicted molar refractivity (Wildman–Crippen MR) is 57.5 cm³/mol. The van der Waals surface area contributed by atoms with Gasteiger partial charge in [-0.2, -0.15) is 0 Å². The van der Waals surface area contributed by atoms with Crippen molar-refractivity contribution in [3.8, 4) is 0 Å². The molecule has 2 aliphatic heterocycles. The number of ether oxygens (including phenoxy) is 1. The molecule has 0 aromatic rings. The molecule has 0 aromatic carbocycles. The van der Waals surface area contributed by atoms with Gasteiger partial charge in [-0.3, -0.25) is 4.90 Å². The van der Waals surface area contributed by atoms with E-state index in [-0.39, 0.29) is 5.60 Å². The molecule has 0 amide bonds. The average Bonchev–Trinajstić information content (AvgIpc) is 2.63. The van der Waals surface area contributed by atoms with E-state index in [4.69, 9.17) is 4.74 Å². The molecule has 2 aliphatic rings. The molecule has 2 heterocycles. The van der Waals surface area contributed by atoms with Crippen molar-refractivity contribution in [3.05, 3.63) is 0 Å². The molecule has 2 rings (SSSR count). The third-order valence-corrected chi connectivity index (χ3v) is 3.75. The average molecular weight is 198 g/mol.